The molecule has 1 atom stereocenters. The molecule has 19 heteroatoms. The second kappa shape index (κ2) is 21.3. The number of halogens is 2. The van der Waals surface area contributed by atoms with Crippen LogP contribution in [0.2, 0.25) is 0 Å². The molecule has 4 saturated heterocycles. The Bertz CT molecular complexity index is 2830. The third-order valence-corrected chi connectivity index (χ3v) is 16.2. The average molecular weight is 992 g/mol. The number of imide groups is 1. The molecule has 4 fully saturated rings. The van der Waals surface area contributed by atoms with Crippen molar-refractivity contribution in [3.05, 3.63) is 83.3 Å². The Morgan fingerprint density at radius 3 is 2.27 bits per heavy atom. The maximum Gasteiger partial charge on any atom is 0.229 e. The topological polar surface area (TPSA) is 178 Å². The van der Waals surface area contributed by atoms with Crippen LogP contribution < -0.4 is 35.8 Å². The van der Waals surface area contributed by atoms with E-state index in [0.717, 1.165) is 109 Å². The van der Waals surface area contributed by atoms with Crippen molar-refractivity contribution >= 4 is 75.6 Å². The number of benzene rings is 3. The van der Waals surface area contributed by atoms with E-state index in [4.69, 9.17) is 9.72 Å². The zero-order valence-electron chi connectivity index (χ0n) is 41.3. The summed E-state index contributed by atoms with van der Waals surface area (Å²) in [5.74, 6) is -2.27. The Kier molecular flexibility index (Phi) is 15.0. The van der Waals surface area contributed by atoms with Crippen LogP contribution in [0, 0.1) is 11.6 Å². The molecular weight excluding hydrogens is 928 g/mol. The molecule has 0 spiro atoms. The molecule has 9 rings (SSSR count). The van der Waals surface area contributed by atoms with Crippen molar-refractivity contribution in [3.63, 3.8) is 0 Å². The van der Waals surface area contributed by atoms with Crippen LogP contribution in [-0.4, -0.2) is 132 Å². The molecule has 0 aliphatic carbocycles. The van der Waals surface area contributed by atoms with E-state index in [9.17, 15) is 18.9 Å². The number of carbonyl (C=O) groups excluding carboxylic acids is 3. The van der Waals surface area contributed by atoms with E-state index in [2.05, 4.69) is 69.6 Å². The number of nitrogens with zero attached hydrogens (tertiary/aromatic N) is 8. The lowest BCUT2D eigenvalue weighted by Crippen LogP contribution is -2.54. The van der Waals surface area contributed by atoms with E-state index in [-0.39, 0.29) is 47.6 Å². The number of anilines is 6. The van der Waals surface area contributed by atoms with Crippen molar-refractivity contribution in [2.24, 2.45) is 0 Å². The highest BCUT2D eigenvalue weighted by molar-refractivity contribution is 7.71. The monoisotopic (exact) mass is 991 g/mol. The minimum atomic E-state index is -2.88. The average Bonchev–Trinajstić information content (AvgIpc) is 3.35. The van der Waals surface area contributed by atoms with Gasteiger partial charge in [-0.25, -0.2) is 13.8 Å². The number of amides is 2. The van der Waals surface area contributed by atoms with Gasteiger partial charge in [0, 0.05) is 125 Å². The number of hydrogen-bond acceptors (Lipinski definition) is 15. The lowest BCUT2D eigenvalue weighted by Gasteiger charge is -2.44. The molecule has 5 aromatic rings. The fourth-order valence-electron chi connectivity index (χ4n) is 11.1. The summed E-state index contributed by atoms with van der Waals surface area (Å²) in [5.41, 5.74) is 5.28. The van der Waals surface area contributed by atoms with Gasteiger partial charge in [0.05, 0.1) is 34.9 Å². The van der Waals surface area contributed by atoms with Gasteiger partial charge < -0.3 is 34.6 Å². The summed E-state index contributed by atoms with van der Waals surface area (Å²) >= 11 is 0. The van der Waals surface area contributed by atoms with Crippen LogP contribution in [0.25, 0.3) is 11.0 Å². The number of ketones is 1. The first-order chi connectivity index (χ1) is 34.2. The molecular formula is C52H64F2N11O5P. The molecule has 4 aliphatic heterocycles. The maximum absolute atomic E-state index is 15.5. The molecule has 1 unspecified atom stereocenters. The second-order valence-corrected chi connectivity index (χ2v) is 22.8. The number of Topliss-reactive ketones (excluding diaryl/α,β-unsaturated/α-hetero) is 1. The highest BCUT2D eigenvalue weighted by atomic mass is 31.2. The lowest BCUT2D eigenvalue weighted by atomic mass is 9.88. The number of ether oxygens (including phenoxy) is 1. The molecule has 2 aromatic heterocycles. The third kappa shape index (κ3) is 11.0. The Balaban J connectivity index is 0.805. The minimum absolute atomic E-state index is 0.111. The van der Waals surface area contributed by atoms with Gasteiger partial charge in [-0.3, -0.25) is 34.6 Å². The molecule has 4 aliphatic rings. The summed E-state index contributed by atoms with van der Waals surface area (Å²) in [7, 11) is -1.23. The van der Waals surface area contributed by atoms with Crippen LogP contribution in [0.15, 0.2) is 55.0 Å². The quantitative estimate of drug-likeness (QED) is 0.0526. The summed E-state index contributed by atoms with van der Waals surface area (Å²) in [6.07, 6.45) is 11.2. The predicted octanol–water partition coefficient (Wildman–Crippen LogP) is 7.76. The van der Waals surface area contributed by atoms with Crippen LogP contribution in [0.1, 0.15) is 92.6 Å². The number of hydrogen-bond donors (Lipinski definition) is 3. The molecule has 3 aromatic carbocycles. The zero-order chi connectivity index (χ0) is 50.0. The van der Waals surface area contributed by atoms with E-state index in [1.165, 1.54) is 25.3 Å². The number of methoxy groups -OCH3 is 1. The standard InChI is InChI=1S/C52H64F2N11O5P/c1-6-33-25-43(59-52-57-31-38(32(2)66)51(61-52)58-42-11-10-41-49(56-16-15-55-41)50(42)71(4,5)69)45(70-3)30-44(33)64-19-13-35(14-20-64)63-23-21-62(22-24-63)18-12-36-9-7-8-17-65(36)37-28-39(53)48(40(54)29-37)34-26-46(67)60-47(68)27-34/h10-11,15-16,25,28-31,34-36H,6-9,12-14,17-24,26-27H2,1-5H3,(H,60,67,68)(H2,57,58,59,61). The number of fused-ring (bicyclic) bond motifs is 1. The van der Waals surface area contributed by atoms with Crippen LogP contribution in [-0.2, 0) is 20.6 Å². The van der Waals surface area contributed by atoms with Gasteiger partial charge in [-0.1, -0.05) is 6.92 Å². The molecule has 6 heterocycles. The highest BCUT2D eigenvalue weighted by Crippen LogP contribution is 2.42. The van der Waals surface area contributed by atoms with Crippen molar-refractivity contribution in [2.75, 3.05) is 93.2 Å². The van der Waals surface area contributed by atoms with Gasteiger partial charge in [0.15, 0.2) is 5.78 Å². The normalized spacial score (nSPS) is 19.0. The van der Waals surface area contributed by atoms with Crippen molar-refractivity contribution in [1.29, 1.82) is 0 Å². The van der Waals surface area contributed by atoms with Gasteiger partial charge in [-0.05, 0) is 101 Å². The highest BCUT2D eigenvalue weighted by Gasteiger charge is 2.34. The fraction of sp³-hybridized carbons (Fsp3) is 0.481. The van der Waals surface area contributed by atoms with Crippen LogP contribution >= 0.6 is 7.14 Å². The lowest BCUT2D eigenvalue weighted by molar-refractivity contribution is -0.133. The van der Waals surface area contributed by atoms with Gasteiger partial charge in [0.2, 0.25) is 17.8 Å². The van der Waals surface area contributed by atoms with E-state index in [1.54, 1.807) is 45.0 Å². The Labute approximate surface area is 413 Å². The van der Waals surface area contributed by atoms with Gasteiger partial charge >= 0.3 is 0 Å². The second-order valence-electron chi connectivity index (χ2n) is 19.7. The van der Waals surface area contributed by atoms with Gasteiger partial charge in [-0.2, -0.15) is 4.98 Å². The minimum Gasteiger partial charge on any atom is -0.494 e. The van der Waals surface area contributed by atoms with E-state index < -0.39 is 36.5 Å². The number of carbonyl (C=O) groups is 3. The number of piperidine rings is 3. The molecule has 2 amide bonds. The van der Waals surface area contributed by atoms with Gasteiger partial charge in [-0.15, -0.1) is 0 Å². The number of piperazine rings is 1. The Morgan fingerprint density at radius 2 is 1.59 bits per heavy atom. The molecule has 16 nitrogen and oxygen atoms in total. The van der Waals surface area contributed by atoms with E-state index in [0.29, 0.717) is 45.2 Å². The molecule has 71 heavy (non-hydrogen) atoms. The van der Waals surface area contributed by atoms with Gasteiger partial charge in [0.1, 0.15) is 35.9 Å². The van der Waals surface area contributed by atoms with Crippen molar-refractivity contribution in [2.45, 2.75) is 89.6 Å². The summed E-state index contributed by atoms with van der Waals surface area (Å²) in [5, 5.41) is 9.38. The van der Waals surface area contributed by atoms with Crippen LogP contribution in [0.5, 0.6) is 5.75 Å². The summed E-state index contributed by atoms with van der Waals surface area (Å²) in [4.78, 5) is 64.7. The number of rotatable bonds is 15. The third-order valence-electron chi connectivity index (χ3n) is 14.7. The summed E-state index contributed by atoms with van der Waals surface area (Å²) in [6.45, 7) is 14.4. The molecule has 0 saturated carbocycles. The summed E-state index contributed by atoms with van der Waals surface area (Å²) < 4.78 is 50.7. The van der Waals surface area contributed by atoms with Crippen LogP contribution in [0.4, 0.5) is 43.3 Å². The van der Waals surface area contributed by atoms with Crippen molar-refractivity contribution in [3.8, 4) is 5.75 Å². The number of nitrogens with one attached hydrogen (secondary N) is 3. The Hall–Kier alpha value is -6.10. The SMILES string of the molecule is CCc1cc(Nc2ncc(C(C)=O)c(Nc3ccc4nccnc4c3P(C)(C)=O)n2)c(OC)cc1N1CCC(N2CCN(CCC3CCCCN3c3cc(F)c(C4CC(=O)NC(=O)C4)c(F)c3)CC2)CC1. The largest absolute Gasteiger partial charge is 0.494 e. The first-order valence-electron chi connectivity index (χ1n) is 24.9. The Morgan fingerprint density at radius 1 is 0.873 bits per heavy atom. The molecule has 3 N–H and O–H groups in total. The van der Waals surface area contributed by atoms with Crippen LogP contribution in [0.3, 0.4) is 0 Å². The number of aromatic nitrogens is 4. The fourth-order valence-corrected chi connectivity index (χ4v) is 12.5. The first kappa shape index (κ1) is 49.9. The first-order valence-corrected chi connectivity index (χ1v) is 27.5. The predicted molar refractivity (Wildman–Crippen MR) is 274 cm³/mol. The number of aryl methyl sites for hydroxylation is 1. The van der Waals surface area contributed by atoms with Gasteiger partial charge in [0.25, 0.3) is 0 Å². The molecule has 0 bridgehead atoms. The van der Waals surface area contributed by atoms with Crippen molar-refractivity contribution in [1.82, 2.24) is 35.1 Å². The van der Waals surface area contributed by atoms with Crippen molar-refractivity contribution < 1.29 is 32.5 Å². The molecule has 0 radical (unpaired) electrons. The zero-order valence-corrected chi connectivity index (χ0v) is 42.2. The van der Waals surface area contributed by atoms with E-state index in [1.807, 2.05) is 0 Å². The smallest absolute Gasteiger partial charge is 0.229 e. The molecule has 376 valence electrons. The van der Waals surface area contributed by atoms with E-state index >= 15 is 8.78 Å². The summed E-state index contributed by atoms with van der Waals surface area (Å²) in [6, 6.07) is 11.2. The maximum atomic E-state index is 15.5.